The third-order valence-electron chi connectivity index (χ3n) is 3.67. The molecule has 120 valence electrons. The number of carbonyl (C=O) groups excluding carboxylic acids is 1. The molecule has 0 radical (unpaired) electrons. The number of rotatable bonds is 1. The summed E-state index contributed by atoms with van der Waals surface area (Å²) < 4.78 is 0.828. The van der Waals surface area contributed by atoms with E-state index in [0.717, 1.165) is 17.5 Å². The molecule has 3 rings (SSSR count). The standard InChI is InChI=1S/C14H13Cl3N2OS.ClH/c15-7-5-9(16)11-10(6-7)21-13(12(11)17)14(20)19-3-1-8(18)2-4-19;/h5-6,8H,1-4,18H2;1H. The van der Waals surface area contributed by atoms with Gasteiger partial charge in [0.05, 0.1) is 10.0 Å². The highest BCUT2D eigenvalue weighted by Crippen LogP contribution is 2.41. The van der Waals surface area contributed by atoms with Crippen LogP contribution in [0.1, 0.15) is 22.5 Å². The van der Waals surface area contributed by atoms with Gasteiger partial charge in [0.25, 0.3) is 5.91 Å². The average Bonchev–Trinajstić information content (AvgIpc) is 2.76. The molecule has 1 fully saturated rings. The van der Waals surface area contributed by atoms with Crippen LogP contribution in [-0.4, -0.2) is 29.9 Å². The summed E-state index contributed by atoms with van der Waals surface area (Å²) in [6.07, 6.45) is 1.64. The molecule has 0 bridgehead atoms. The smallest absolute Gasteiger partial charge is 0.265 e. The monoisotopic (exact) mass is 398 g/mol. The van der Waals surface area contributed by atoms with E-state index < -0.39 is 0 Å². The number of nitrogens with zero attached hydrogens (tertiary/aromatic N) is 1. The summed E-state index contributed by atoms with van der Waals surface area (Å²) in [7, 11) is 0. The number of thiophene rings is 1. The second-order valence-corrected chi connectivity index (χ2v) is 7.41. The Labute approximate surface area is 153 Å². The lowest BCUT2D eigenvalue weighted by Gasteiger charge is -2.29. The predicted molar refractivity (Wildman–Crippen MR) is 97.2 cm³/mol. The van der Waals surface area contributed by atoms with Crippen LogP contribution >= 0.6 is 58.5 Å². The minimum atomic E-state index is -0.0553. The van der Waals surface area contributed by atoms with E-state index in [9.17, 15) is 4.79 Å². The highest BCUT2D eigenvalue weighted by molar-refractivity contribution is 7.21. The molecule has 3 nitrogen and oxygen atoms in total. The topological polar surface area (TPSA) is 46.3 Å². The van der Waals surface area contributed by atoms with Crippen LogP contribution in [0.5, 0.6) is 0 Å². The van der Waals surface area contributed by atoms with E-state index in [0.29, 0.717) is 38.4 Å². The predicted octanol–water partition coefficient (Wildman–Crippen LogP) is 4.85. The van der Waals surface area contributed by atoms with Crippen molar-refractivity contribution >= 4 is 74.5 Å². The van der Waals surface area contributed by atoms with Crippen molar-refractivity contribution in [3.8, 4) is 0 Å². The van der Waals surface area contributed by atoms with Gasteiger partial charge in [-0.2, -0.15) is 0 Å². The molecule has 1 aromatic carbocycles. The molecule has 2 heterocycles. The highest BCUT2D eigenvalue weighted by atomic mass is 35.5. The van der Waals surface area contributed by atoms with Crippen LogP contribution in [-0.2, 0) is 0 Å². The molecule has 1 aromatic heterocycles. The number of carbonyl (C=O) groups is 1. The fourth-order valence-electron chi connectivity index (χ4n) is 2.50. The van der Waals surface area contributed by atoms with Crippen molar-refractivity contribution in [2.75, 3.05) is 13.1 Å². The zero-order valence-electron chi connectivity index (χ0n) is 11.4. The van der Waals surface area contributed by atoms with Crippen LogP contribution in [0.4, 0.5) is 0 Å². The van der Waals surface area contributed by atoms with E-state index >= 15 is 0 Å². The molecule has 1 amide bonds. The first-order chi connectivity index (χ1) is 9.97. The molecular weight excluding hydrogens is 386 g/mol. The Morgan fingerprint density at radius 2 is 1.86 bits per heavy atom. The molecule has 1 aliphatic heterocycles. The maximum atomic E-state index is 12.6. The van der Waals surface area contributed by atoms with Gasteiger partial charge in [0.2, 0.25) is 0 Å². The van der Waals surface area contributed by atoms with Crippen LogP contribution in [0.15, 0.2) is 12.1 Å². The number of hydrogen-bond donors (Lipinski definition) is 1. The minimum Gasteiger partial charge on any atom is -0.338 e. The molecule has 1 aliphatic rings. The van der Waals surface area contributed by atoms with Crippen LogP contribution in [0.25, 0.3) is 10.1 Å². The quantitative estimate of drug-likeness (QED) is 0.745. The second-order valence-electron chi connectivity index (χ2n) is 5.14. The lowest BCUT2D eigenvalue weighted by molar-refractivity contribution is 0.0720. The van der Waals surface area contributed by atoms with Crippen LogP contribution in [0.3, 0.4) is 0 Å². The van der Waals surface area contributed by atoms with Crippen molar-refractivity contribution in [1.82, 2.24) is 4.90 Å². The fraction of sp³-hybridized carbons (Fsp3) is 0.357. The lowest BCUT2D eigenvalue weighted by atomic mass is 10.1. The van der Waals surface area contributed by atoms with Gasteiger partial charge in [0.1, 0.15) is 4.88 Å². The van der Waals surface area contributed by atoms with Gasteiger partial charge >= 0.3 is 0 Å². The summed E-state index contributed by atoms with van der Waals surface area (Å²) in [5.41, 5.74) is 5.87. The number of benzene rings is 1. The third-order valence-corrected chi connectivity index (χ3v) is 5.80. The SMILES string of the molecule is Cl.NC1CCN(C(=O)c2sc3cc(Cl)cc(Cl)c3c2Cl)CC1. The molecule has 0 spiro atoms. The van der Waals surface area contributed by atoms with Crippen molar-refractivity contribution in [1.29, 1.82) is 0 Å². The average molecular weight is 400 g/mol. The number of hydrogen-bond acceptors (Lipinski definition) is 3. The van der Waals surface area contributed by atoms with E-state index in [1.165, 1.54) is 11.3 Å². The Hall–Kier alpha value is -0.230. The van der Waals surface area contributed by atoms with Gasteiger partial charge in [0.15, 0.2) is 0 Å². The van der Waals surface area contributed by atoms with Crippen molar-refractivity contribution in [3.05, 3.63) is 32.1 Å². The van der Waals surface area contributed by atoms with Crippen molar-refractivity contribution in [3.63, 3.8) is 0 Å². The molecule has 0 aliphatic carbocycles. The summed E-state index contributed by atoms with van der Waals surface area (Å²) in [5.74, 6) is -0.0553. The molecule has 2 aromatic rings. The molecule has 0 unspecified atom stereocenters. The van der Waals surface area contributed by atoms with Gasteiger partial charge in [-0.15, -0.1) is 23.7 Å². The Morgan fingerprint density at radius 3 is 2.50 bits per heavy atom. The van der Waals surface area contributed by atoms with Crippen LogP contribution < -0.4 is 5.73 Å². The number of amides is 1. The number of fused-ring (bicyclic) bond motifs is 1. The normalized spacial score (nSPS) is 15.9. The van der Waals surface area contributed by atoms with Crippen molar-refractivity contribution in [2.24, 2.45) is 5.73 Å². The highest BCUT2D eigenvalue weighted by Gasteiger charge is 2.26. The largest absolute Gasteiger partial charge is 0.338 e. The van der Waals surface area contributed by atoms with E-state index in [4.69, 9.17) is 40.5 Å². The number of piperidine rings is 1. The van der Waals surface area contributed by atoms with E-state index in [1.54, 1.807) is 17.0 Å². The summed E-state index contributed by atoms with van der Waals surface area (Å²) in [6, 6.07) is 3.60. The first-order valence-corrected chi connectivity index (χ1v) is 8.54. The molecule has 22 heavy (non-hydrogen) atoms. The second kappa shape index (κ2) is 7.12. The molecule has 1 saturated heterocycles. The molecule has 0 saturated carbocycles. The summed E-state index contributed by atoms with van der Waals surface area (Å²) >= 11 is 19.9. The first kappa shape index (κ1) is 18.1. The molecule has 8 heteroatoms. The number of likely N-dealkylation sites (tertiary alicyclic amines) is 1. The number of nitrogens with two attached hydrogens (primary N) is 1. The molecule has 2 N–H and O–H groups in total. The van der Waals surface area contributed by atoms with Gasteiger partial charge < -0.3 is 10.6 Å². The van der Waals surface area contributed by atoms with Crippen molar-refractivity contribution < 1.29 is 4.79 Å². The van der Waals surface area contributed by atoms with Crippen LogP contribution in [0, 0.1) is 0 Å². The van der Waals surface area contributed by atoms with E-state index in [-0.39, 0.29) is 24.4 Å². The summed E-state index contributed by atoms with van der Waals surface area (Å²) in [5, 5.41) is 2.12. The zero-order valence-corrected chi connectivity index (χ0v) is 15.3. The first-order valence-electron chi connectivity index (χ1n) is 6.59. The van der Waals surface area contributed by atoms with Crippen LogP contribution in [0.2, 0.25) is 15.1 Å². The van der Waals surface area contributed by atoms with E-state index in [2.05, 4.69) is 0 Å². The third kappa shape index (κ3) is 3.32. The fourth-order valence-corrected chi connectivity index (χ4v) is 4.84. The van der Waals surface area contributed by atoms with Gasteiger partial charge in [-0.05, 0) is 25.0 Å². The summed E-state index contributed by atoms with van der Waals surface area (Å²) in [6.45, 7) is 1.33. The Bertz CT molecular complexity index is 710. The van der Waals surface area contributed by atoms with Gasteiger partial charge in [0, 0.05) is 34.2 Å². The maximum absolute atomic E-state index is 12.6. The zero-order chi connectivity index (χ0) is 15.1. The Kier molecular flexibility index (Phi) is 5.86. The van der Waals surface area contributed by atoms with Gasteiger partial charge in [-0.1, -0.05) is 34.8 Å². The maximum Gasteiger partial charge on any atom is 0.265 e. The lowest BCUT2D eigenvalue weighted by Crippen LogP contribution is -2.42. The summed E-state index contributed by atoms with van der Waals surface area (Å²) in [4.78, 5) is 14.9. The Morgan fingerprint density at radius 1 is 1.23 bits per heavy atom. The minimum absolute atomic E-state index is 0. The van der Waals surface area contributed by atoms with Gasteiger partial charge in [-0.3, -0.25) is 4.79 Å². The molecule has 0 atom stereocenters. The van der Waals surface area contributed by atoms with E-state index in [1.807, 2.05) is 0 Å². The van der Waals surface area contributed by atoms with Gasteiger partial charge in [-0.25, -0.2) is 0 Å². The Balaban J connectivity index is 0.00000176. The molecular formula is C14H14Cl4N2OS. The number of halogens is 4. The van der Waals surface area contributed by atoms with Crippen molar-refractivity contribution in [2.45, 2.75) is 18.9 Å².